The molecule has 6 N–H and O–H groups in total. The van der Waals surface area contributed by atoms with E-state index < -0.39 is 47.3 Å². The number of nitrogens with two attached hydrogens (primary N) is 2. The molecule has 0 fully saturated rings. The molecule has 0 aliphatic rings. The molecule has 0 radical (unpaired) electrons. The highest BCUT2D eigenvalue weighted by molar-refractivity contribution is 7.24. The average Bonchev–Trinajstić information content (AvgIpc) is 3.52. The van der Waals surface area contributed by atoms with Crippen LogP contribution in [0.5, 0.6) is 0 Å². The van der Waals surface area contributed by atoms with Gasteiger partial charge in [-0.2, -0.15) is 0 Å². The first kappa shape index (κ1) is 34.2. The predicted octanol–water partition coefficient (Wildman–Crippen LogP) is 3.88. The zero-order valence-corrected chi connectivity index (χ0v) is 27.2. The van der Waals surface area contributed by atoms with Crippen LogP contribution in [0.15, 0.2) is 12.1 Å². The maximum absolute atomic E-state index is 13.4. The summed E-state index contributed by atoms with van der Waals surface area (Å²) in [5.74, 6) is -0.887. The van der Waals surface area contributed by atoms with Crippen LogP contribution in [-0.2, 0) is 28.5 Å². The fraction of sp³-hybridized carbons (Fsp3) is 0.643. The highest BCUT2D eigenvalue weighted by Crippen LogP contribution is 2.35. The number of anilines is 2. The van der Waals surface area contributed by atoms with Gasteiger partial charge in [0.25, 0.3) is 11.8 Å². The summed E-state index contributed by atoms with van der Waals surface area (Å²) in [6, 6.07) is 3.74. The number of fused-ring (bicyclic) bond motifs is 2. The van der Waals surface area contributed by atoms with E-state index in [2.05, 4.69) is 20.6 Å². The van der Waals surface area contributed by atoms with Crippen molar-refractivity contribution in [3.05, 3.63) is 12.1 Å². The fourth-order valence-electron chi connectivity index (χ4n) is 4.82. The van der Waals surface area contributed by atoms with E-state index in [1.54, 1.807) is 27.7 Å². The lowest BCUT2D eigenvalue weighted by Crippen LogP contribution is -2.66. The second-order valence-electron chi connectivity index (χ2n) is 9.99. The number of rotatable bonds is 16. The van der Waals surface area contributed by atoms with Gasteiger partial charge < -0.3 is 41.0 Å². The predicted molar refractivity (Wildman–Crippen MR) is 168 cm³/mol. The molecule has 0 aliphatic carbocycles. The molecule has 12 nitrogen and oxygen atoms in total. The standard InChI is InChI=1S/C28H44N6O6S2/c1-9-37-15(5)27(29,16(6)38-10-2)23(35)33-25-31-19-13-20-22(14-21(19)41-25)42-26(32-20)34-24(36)28(30,17(7)39-11-3)18(8)40-12-4/h13-18H,9-12,29-30H2,1-8H3,(H,31,33,35)(H,32,34,36). The Morgan fingerprint density at radius 2 is 1.00 bits per heavy atom. The number of nitrogens with zero attached hydrogens (tertiary/aromatic N) is 2. The number of thiazole rings is 2. The molecule has 0 saturated carbocycles. The van der Waals surface area contributed by atoms with Gasteiger partial charge in [-0.3, -0.25) is 9.59 Å². The minimum Gasteiger partial charge on any atom is -0.376 e. The third-order valence-corrected chi connectivity index (χ3v) is 9.35. The van der Waals surface area contributed by atoms with Gasteiger partial charge in [0.1, 0.15) is 11.1 Å². The van der Waals surface area contributed by atoms with Gasteiger partial charge in [0.15, 0.2) is 10.3 Å². The zero-order valence-electron chi connectivity index (χ0n) is 25.6. The summed E-state index contributed by atoms with van der Waals surface area (Å²) in [6.45, 7) is 16.1. The molecule has 2 aromatic heterocycles. The molecule has 0 bridgehead atoms. The van der Waals surface area contributed by atoms with Crippen molar-refractivity contribution in [1.29, 1.82) is 0 Å². The molecule has 0 aliphatic heterocycles. The van der Waals surface area contributed by atoms with Crippen molar-refractivity contribution in [3.8, 4) is 0 Å². The summed E-state index contributed by atoms with van der Waals surface area (Å²) in [5.41, 5.74) is 11.6. The molecular formula is C28H44N6O6S2. The number of nitrogens with one attached hydrogen (secondary N) is 2. The van der Waals surface area contributed by atoms with Gasteiger partial charge in [0.05, 0.1) is 44.8 Å². The van der Waals surface area contributed by atoms with Crippen LogP contribution in [0.1, 0.15) is 55.4 Å². The Balaban J connectivity index is 1.85. The molecule has 4 atom stereocenters. The van der Waals surface area contributed by atoms with Crippen molar-refractivity contribution in [2.24, 2.45) is 11.5 Å². The minimum atomic E-state index is -1.43. The summed E-state index contributed by atoms with van der Waals surface area (Å²) in [5, 5.41) is 6.52. The summed E-state index contributed by atoms with van der Waals surface area (Å²) in [6.07, 6.45) is -2.38. The third-order valence-electron chi connectivity index (χ3n) is 7.48. The van der Waals surface area contributed by atoms with Crippen LogP contribution in [0, 0.1) is 0 Å². The molecule has 1 aromatic carbocycles. The van der Waals surface area contributed by atoms with E-state index in [9.17, 15) is 9.59 Å². The number of aromatic nitrogens is 2. The third kappa shape index (κ3) is 6.91. The molecule has 3 aromatic rings. The highest BCUT2D eigenvalue weighted by Gasteiger charge is 2.47. The van der Waals surface area contributed by atoms with Crippen LogP contribution in [0.2, 0.25) is 0 Å². The molecule has 0 spiro atoms. The highest BCUT2D eigenvalue weighted by atomic mass is 32.1. The molecule has 0 saturated heterocycles. The molecule has 4 unspecified atom stereocenters. The Labute approximate surface area is 254 Å². The number of carbonyl (C=O) groups excluding carboxylic acids is 2. The number of amides is 2. The van der Waals surface area contributed by atoms with Crippen LogP contribution in [0.25, 0.3) is 20.4 Å². The van der Waals surface area contributed by atoms with E-state index in [0.717, 1.165) is 9.40 Å². The molecular weight excluding hydrogens is 580 g/mol. The van der Waals surface area contributed by atoms with E-state index in [-0.39, 0.29) is 0 Å². The quantitative estimate of drug-likeness (QED) is 0.183. The number of hydrogen-bond donors (Lipinski definition) is 4. The lowest BCUT2D eigenvalue weighted by molar-refractivity contribution is -0.137. The normalized spacial score (nSPS) is 17.8. The lowest BCUT2D eigenvalue weighted by Gasteiger charge is -2.37. The van der Waals surface area contributed by atoms with Gasteiger partial charge in [0, 0.05) is 26.4 Å². The van der Waals surface area contributed by atoms with E-state index in [1.807, 2.05) is 39.8 Å². The number of carbonyl (C=O) groups is 2. The van der Waals surface area contributed by atoms with Crippen LogP contribution >= 0.6 is 22.7 Å². The van der Waals surface area contributed by atoms with Crippen molar-refractivity contribution < 1.29 is 28.5 Å². The molecule has 2 amide bonds. The molecule has 42 heavy (non-hydrogen) atoms. The lowest BCUT2D eigenvalue weighted by atomic mass is 9.87. The second kappa shape index (κ2) is 14.4. The summed E-state index contributed by atoms with van der Waals surface area (Å²) in [7, 11) is 0. The maximum Gasteiger partial charge on any atom is 0.251 e. The SMILES string of the molecule is CCOC(C)C(N)(C(=O)Nc1nc2cc3nc(NC(=O)C(N)(C(C)OCC)C(C)OCC)sc3cc2s1)C(C)OCC. The van der Waals surface area contributed by atoms with Gasteiger partial charge >= 0.3 is 0 Å². The average molecular weight is 625 g/mol. The summed E-state index contributed by atoms with van der Waals surface area (Å²) in [4.78, 5) is 36.0. The Morgan fingerprint density at radius 1 is 0.690 bits per heavy atom. The van der Waals surface area contributed by atoms with E-state index in [0.29, 0.717) is 47.7 Å². The summed E-state index contributed by atoms with van der Waals surface area (Å²) < 4.78 is 24.5. The Hall–Kier alpha value is -2.30. The first-order valence-corrected chi connectivity index (χ1v) is 15.9. The van der Waals surface area contributed by atoms with E-state index in [1.165, 1.54) is 22.7 Å². The van der Waals surface area contributed by atoms with Crippen molar-refractivity contribution in [2.75, 3.05) is 37.1 Å². The van der Waals surface area contributed by atoms with Crippen molar-refractivity contribution in [1.82, 2.24) is 9.97 Å². The second-order valence-corrected chi connectivity index (χ2v) is 12.1. The van der Waals surface area contributed by atoms with E-state index >= 15 is 0 Å². The minimum absolute atomic E-state index is 0.395. The Morgan fingerprint density at radius 3 is 1.29 bits per heavy atom. The summed E-state index contributed by atoms with van der Waals surface area (Å²) >= 11 is 2.62. The van der Waals surface area contributed by atoms with Gasteiger partial charge in [-0.1, -0.05) is 22.7 Å². The number of benzene rings is 1. The zero-order chi connectivity index (χ0) is 31.2. The van der Waals surface area contributed by atoms with Crippen LogP contribution in [-0.4, -0.2) is 83.7 Å². The molecule has 234 valence electrons. The molecule has 14 heteroatoms. The number of hydrogen-bond acceptors (Lipinski definition) is 12. The molecule has 2 heterocycles. The molecule has 3 rings (SSSR count). The van der Waals surface area contributed by atoms with Crippen molar-refractivity contribution in [2.45, 2.75) is 90.9 Å². The monoisotopic (exact) mass is 624 g/mol. The van der Waals surface area contributed by atoms with E-state index in [4.69, 9.17) is 30.4 Å². The number of ether oxygens (including phenoxy) is 4. The smallest absolute Gasteiger partial charge is 0.251 e. The maximum atomic E-state index is 13.4. The Kier molecular flexibility index (Phi) is 11.8. The van der Waals surface area contributed by atoms with Crippen LogP contribution in [0.3, 0.4) is 0 Å². The topological polar surface area (TPSA) is 173 Å². The first-order chi connectivity index (χ1) is 19.9. The van der Waals surface area contributed by atoms with Gasteiger partial charge in [-0.15, -0.1) is 0 Å². The van der Waals surface area contributed by atoms with Gasteiger partial charge in [0.2, 0.25) is 0 Å². The van der Waals surface area contributed by atoms with Gasteiger partial charge in [-0.05, 0) is 67.5 Å². The Bertz CT molecular complexity index is 1190. The van der Waals surface area contributed by atoms with Crippen LogP contribution in [0.4, 0.5) is 10.3 Å². The van der Waals surface area contributed by atoms with Crippen molar-refractivity contribution >= 4 is 65.2 Å². The van der Waals surface area contributed by atoms with Crippen LogP contribution < -0.4 is 22.1 Å². The largest absolute Gasteiger partial charge is 0.376 e. The van der Waals surface area contributed by atoms with Crippen molar-refractivity contribution in [3.63, 3.8) is 0 Å². The first-order valence-electron chi connectivity index (χ1n) is 14.2. The fourth-order valence-corrected chi connectivity index (χ4v) is 6.66. The van der Waals surface area contributed by atoms with Gasteiger partial charge in [-0.25, -0.2) is 9.97 Å².